The Kier molecular flexibility index (Phi) is 4.75. The van der Waals surface area contributed by atoms with Gasteiger partial charge in [0.05, 0.1) is 5.56 Å². The minimum Gasteiger partial charge on any atom is -0.326 e. The van der Waals surface area contributed by atoms with Gasteiger partial charge in [0.2, 0.25) is 11.9 Å². The molecule has 3 N–H and O–H groups in total. The predicted molar refractivity (Wildman–Crippen MR) is 118 cm³/mol. The summed E-state index contributed by atoms with van der Waals surface area (Å²) in [5, 5.41) is 14.1. The largest absolute Gasteiger partial charge is 0.326 e. The van der Waals surface area contributed by atoms with Crippen LogP contribution in [0, 0.1) is 5.95 Å². The maximum absolute atomic E-state index is 13.2. The highest BCUT2D eigenvalue weighted by atomic mass is 19.1. The van der Waals surface area contributed by atoms with E-state index in [4.69, 9.17) is 9.97 Å². The number of fused-ring (bicyclic) bond motifs is 1. The van der Waals surface area contributed by atoms with Crippen LogP contribution < -0.4 is 10.6 Å². The molecule has 11 heteroatoms. The van der Waals surface area contributed by atoms with Gasteiger partial charge in [0.1, 0.15) is 11.7 Å². The van der Waals surface area contributed by atoms with Crippen LogP contribution in [-0.2, 0) is 0 Å². The molecule has 2 fully saturated rings. The monoisotopic (exact) mass is 447 g/mol. The van der Waals surface area contributed by atoms with Crippen molar-refractivity contribution in [3.8, 4) is 0 Å². The summed E-state index contributed by atoms with van der Waals surface area (Å²) in [6.07, 6.45) is 5.50. The van der Waals surface area contributed by atoms with Crippen molar-refractivity contribution in [3.63, 3.8) is 0 Å². The van der Waals surface area contributed by atoms with Gasteiger partial charge in [-0.25, -0.2) is 9.97 Å². The van der Waals surface area contributed by atoms with Gasteiger partial charge in [-0.2, -0.15) is 14.5 Å². The number of carbonyl (C=O) groups is 1. The fourth-order valence-corrected chi connectivity index (χ4v) is 4.15. The molecule has 4 aromatic heterocycles. The van der Waals surface area contributed by atoms with Crippen LogP contribution in [0.5, 0.6) is 0 Å². The Hall–Kier alpha value is -3.86. The van der Waals surface area contributed by atoms with E-state index in [0.717, 1.165) is 5.69 Å². The summed E-state index contributed by atoms with van der Waals surface area (Å²) in [6.45, 7) is 1.63. The standard InChI is InChI=1S/C22H22FN9O/c23-17-6-5-14(11-25-17)21(33)31-9-7-24-12-16(31)20-27-19-2-1-8-32(19)22(28-20)26-18-10-15(29-30-18)13-3-4-13/h1-2,5-6,8,10-11,13,16,24H,3-4,7,9,12H2,(H2,26,27,28,29,30). The molecule has 1 aliphatic carbocycles. The van der Waals surface area contributed by atoms with E-state index in [1.165, 1.54) is 31.2 Å². The van der Waals surface area contributed by atoms with E-state index >= 15 is 0 Å². The zero-order valence-corrected chi connectivity index (χ0v) is 17.7. The second kappa shape index (κ2) is 7.93. The zero-order chi connectivity index (χ0) is 22.4. The molecule has 1 saturated carbocycles. The summed E-state index contributed by atoms with van der Waals surface area (Å²) in [4.78, 5) is 28.0. The van der Waals surface area contributed by atoms with Gasteiger partial charge in [0, 0.05) is 49.7 Å². The number of aromatic amines is 1. The van der Waals surface area contributed by atoms with Gasteiger partial charge in [-0.3, -0.25) is 14.3 Å². The SMILES string of the molecule is O=C(c1ccc(F)nc1)N1CCNCC1c1nc(Nc2cc(C3CC3)[nH]n2)n2cccc2n1. The summed E-state index contributed by atoms with van der Waals surface area (Å²) in [7, 11) is 0. The quantitative estimate of drug-likeness (QED) is 0.402. The third kappa shape index (κ3) is 3.80. The first-order valence-corrected chi connectivity index (χ1v) is 11.0. The van der Waals surface area contributed by atoms with Crippen molar-refractivity contribution in [1.82, 2.24) is 39.8 Å². The van der Waals surface area contributed by atoms with E-state index in [1.54, 1.807) is 4.90 Å². The van der Waals surface area contributed by atoms with E-state index in [0.29, 0.717) is 54.4 Å². The predicted octanol–water partition coefficient (Wildman–Crippen LogP) is 2.39. The number of aromatic nitrogens is 6. The van der Waals surface area contributed by atoms with Crippen LogP contribution in [0.1, 0.15) is 46.7 Å². The molecule has 10 nitrogen and oxygen atoms in total. The molecule has 1 aliphatic heterocycles. The molecular weight excluding hydrogens is 425 g/mol. The number of hydrogen-bond donors (Lipinski definition) is 3. The maximum Gasteiger partial charge on any atom is 0.256 e. The Balaban J connectivity index is 1.34. The van der Waals surface area contributed by atoms with E-state index in [-0.39, 0.29) is 5.91 Å². The van der Waals surface area contributed by atoms with Crippen molar-refractivity contribution in [3.05, 3.63) is 65.8 Å². The molecule has 1 saturated heterocycles. The molecule has 1 amide bonds. The average molecular weight is 447 g/mol. The number of nitrogens with one attached hydrogen (secondary N) is 3. The first-order chi connectivity index (χ1) is 16.2. The Morgan fingerprint density at radius 3 is 2.94 bits per heavy atom. The number of hydrogen-bond acceptors (Lipinski definition) is 7. The second-order valence-electron chi connectivity index (χ2n) is 8.34. The van der Waals surface area contributed by atoms with Crippen molar-refractivity contribution < 1.29 is 9.18 Å². The summed E-state index contributed by atoms with van der Waals surface area (Å²) in [5.74, 6) is 1.47. The minimum atomic E-state index is -0.621. The topological polar surface area (TPSA) is 116 Å². The molecule has 2 aliphatic rings. The summed E-state index contributed by atoms with van der Waals surface area (Å²) in [5.41, 5.74) is 2.16. The number of amides is 1. The molecule has 168 valence electrons. The van der Waals surface area contributed by atoms with Crippen molar-refractivity contribution in [2.24, 2.45) is 0 Å². The highest BCUT2D eigenvalue weighted by molar-refractivity contribution is 5.94. The van der Waals surface area contributed by atoms with Gasteiger partial charge in [-0.05, 0) is 37.1 Å². The van der Waals surface area contributed by atoms with Crippen LogP contribution in [0.25, 0.3) is 5.65 Å². The van der Waals surface area contributed by atoms with Crippen molar-refractivity contribution in [1.29, 1.82) is 0 Å². The third-order valence-electron chi connectivity index (χ3n) is 6.04. The normalized spacial score (nSPS) is 18.6. The van der Waals surface area contributed by atoms with E-state index < -0.39 is 12.0 Å². The van der Waals surface area contributed by atoms with Crippen molar-refractivity contribution in [2.75, 3.05) is 25.0 Å². The minimum absolute atomic E-state index is 0.233. The molecule has 33 heavy (non-hydrogen) atoms. The van der Waals surface area contributed by atoms with Crippen LogP contribution in [0.4, 0.5) is 16.2 Å². The first-order valence-electron chi connectivity index (χ1n) is 11.0. The molecule has 6 rings (SSSR count). The lowest BCUT2D eigenvalue weighted by molar-refractivity contribution is 0.0623. The Bertz CT molecular complexity index is 1310. The summed E-state index contributed by atoms with van der Waals surface area (Å²) in [6, 6.07) is 8.04. The number of carbonyl (C=O) groups excluding carboxylic acids is 1. The van der Waals surface area contributed by atoms with Gasteiger partial charge in [0.15, 0.2) is 11.6 Å². The molecule has 0 aromatic carbocycles. The van der Waals surface area contributed by atoms with Gasteiger partial charge in [-0.1, -0.05) is 0 Å². The fraction of sp³-hybridized carbons (Fsp3) is 0.318. The molecule has 1 unspecified atom stereocenters. The number of H-pyrrole nitrogens is 1. The third-order valence-corrected chi connectivity index (χ3v) is 6.04. The highest BCUT2D eigenvalue weighted by Crippen LogP contribution is 2.39. The van der Waals surface area contributed by atoms with Crippen LogP contribution in [0.15, 0.2) is 42.7 Å². The number of piperazine rings is 1. The highest BCUT2D eigenvalue weighted by Gasteiger charge is 2.32. The smallest absolute Gasteiger partial charge is 0.256 e. The van der Waals surface area contributed by atoms with Crippen LogP contribution >= 0.6 is 0 Å². The summed E-state index contributed by atoms with van der Waals surface area (Å²) < 4.78 is 15.1. The number of anilines is 2. The van der Waals surface area contributed by atoms with E-state index in [2.05, 4.69) is 25.8 Å². The zero-order valence-electron chi connectivity index (χ0n) is 17.7. The average Bonchev–Trinajstić information content (AvgIpc) is 3.39. The van der Waals surface area contributed by atoms with Crippen molar-refractivity contribution in [2.45, 2.75) is 24.8 Å². The molecular formula is C22H22FN9O. The van der Waals surface area contributed by atoms with E-state index in [1.807, 2.05) is 28.8 Å². The Morgan fingerprint density at radius 1 is 1.21 bits per heavy atom. The van der Waals surface area contributed by atoms with Crippen LogP contribution in [0.3, 0.4) is 0 Å². The first kappa shape index (κ1) is 19.8. The lowest BCUT2D eigenvalue weighted by Crippen LogP contribution is -2.49. The lowest BCUT2D eigenvalue weighted by Gasteiger charge is -2.35. The fourth-order valence-electron chi connectivity index (χ4n) is 4.15. The molecule has 4 aromatic rings. The van der Waals surface area contributed by atoms with Crippen LogP contribution in [0.2, 0.25) is 0 Å². The van der Waals surface area contributed by atoms with Gasteiger partial charge >= 0.3 is 0 Å². The number of pyridine rings is 1. The van der Waals surface area contributed by atoms with Crippen LogP contribution in [-0.4, -0.2) is 60.0 Å². The molecule has 0 spiro atoms. The van der Waals surface area contributed by atoms with Gasteiger partial charge in [0.25, 0.3) is 5.91 Å². The Labute approximate surface area is 188 Å². The molecule has 0 bridgehead atoms. The van der Waals surface area contributed by atoms with Gasteiger partial charge in [-0.15, -0.1) is 0 Å². The number of rotatable bonds is 5. The second-order valence-corrected chi connectivity index (χ2v) is 8.34. The van der Waals surface area contributed by atoms with E-state index in [9.17, 15) is 9.18 Å². The lowest BCUT2D eigenvalue weighted by atomic mass is 10.1. The number of halogens is 1. The maximum atomic E-state index is 13.2. The van der Waals surface area contributed by atoms with Gasteiger partial charge < -0.3 is 15.5 Å². The molecule has 5 heterocycles. The van der Waals surface area contributed by atoms with Crippen molar-refractivity contribution >= 4 is 23.3 Å². The summed E-state index contributed by atoms with van der Waals surface area (Å²) >= 11 is 0. The molecule has 1 atom stereocenters. The number of nitrogens with zero attached hydrogens (tertiary/aromatic N) is 6. The Morgan fingerprint density at radius 2 is 2.12 bits per heavy atom. The molecule has 0 radical (unpaired) electrons.